The van der Waals surface area contributed by atoms with Crippen molar-refractivity contribution in [2.45, 2.75) is 69.5 Å². The second-order valence-electron chi connectivity index (χ2n) is 6.44. The van der Waals surface area contributed by atoms with Crippen LogP contribution in [0.4, 0.5) is 0 Å². The SMILES string of the molecule is CC1(C)OC[C@H]([C@H]2O[C@H](O)[C@@H]3OC(C)(C)O[C@]23CI)O1. The molecule has 3 aliphatic heterocycles. The van der Waals surface area contributed by atoms with E-state index in [-0.39, 0.29) is 6.10 Å². The highest BCUT2D eigenvalue weighted by Crippen LogP contribution is 2.49. The summed E-state index contributed by atoms with van der Waals surface area (Å²) in [5, 5.41) is 10.2. The first kappa shape index (κ1) is 15.4. The van der Waals surface area contributed by atoms with E-state index in [4.69, 9.17) is 23.7 Å². The average Bonchev–Trinajstić information content (AvgIpc) is 2.90. The van der Waals surface area contributed by atoms with Crippen molar-refractivity contribution in [3.8, 4) is 0 Å². The third-order valence-corrected chi connectivity index (χ3v) is 5.12. The Morgan fingerprint density at radius 3 is 2.35 bits per heavy atom. The zero-order valence-electron chi connectivity index (χ0n) is 12.1. The summed E-state index contributed by atoms with van der Waals surface area (Å²) in [6.07, 6.45) is -2.21. The number of hydrogen-bond donors (Lipinski definition) is 1. The first-order valence-electron chi connectivity index (χ1n) is 6.78. The van der Waals surface area contributed by atoms with Crippen molar-refractivity contribution in [2.75, 3.05) is 11.0 Å². The Hall–Kier alpha value is 0.490. The fraction of sp³-hybridized carbons (Fsp3) is 1.00. The summed E-state index contributed by atoms with van der Waals surface area (Å²) in [4.78, 5) is 0. The van der Waals surface area contributed by atoms with Crippen LogP contribution in [0.3, 0.4) is 0 Å². The number of hydrogen-bond acceptors (Lipinski definition) is 6. The van der Waals surface area contributed by atoms with Gasteiger partial charge in [-0.05, 0) is 27.7 Å². The monoisotopic (exact) mass is 400 g/mol. The maximum Gasteiger partial charge on any atom is 0.184 e. The van der Waals surface area contributed by atoms with Gasteiger partial charge < -0.3 is 28.8 Å². The number of aliphatic hydroxyl groups excluding tert-OH is 1. The molecule has 7 heteroatoms. The van der Waals surface area contributed by atoms with Gasteiger partial charge in [-0.25, -0.2) is 0 Å². The first-order valence-corrected chi connectivity index (χ1v) is 8.31. The van der Waals surface area contributed by atoms with Crippen molar-refractivity contribution in [1.29, 1.82) is 0 Å². The van der Waals surface area contributed by atoms with Gasteiger partial charge in [-0.3, -0.25) is 0 Å². The summed E-state index contributed by atoms with van der Waals surface area (Å²) in [5.74, 6) is -1.38. The highest BCUT2D eigenvalue weighted by Gasteiger charge is 2.68. The Bertz CT molecular complexity index is 400. The van der Waals surface area contributed by atoms with Crippen LogP contribution in [0.5, 0.6) is 0 Å². The molecule has 3 rings (SSSR count). The predicted molar refractivity (Wildman–Crippen MR) is 77.4 cm³/mol. The summed E-state index contributed by atoms with van der Waals surface area (Å²) < 4.78 is 29.8. The van der Waals surface area contributed by atoms with Crippen molar-refractivity contribution in [3.05, 3.63) is 0 Å². The van der Waals surface area contributed by atoms with Gasteiger partial charge in [0.15, 0.2) is 17.9 Å². The van der Waals surface area contributed by atoms with Gasteiger partial charge >= 0.3 is 0 Å². The Labute approximate surface area is 132 Å². The maximum atomic E-state index is 10.2. The van der Waals surface area contributed by atoms with E-state index in [1.165, 1.54) is 0 Å². The summed E-state index contributed by atoms with van der Waals surface area (Å²) in [6, 6.07) is 0. The second kappa shape index (κ2) is 4.74. The van der Waals surface area contributed by atoms with Gasteiger partial charge in [0.25, 0.3) is 0 Å². The lowest BCUT2D eigenvalue weighted by molar-refractivity contribution is -0.245. The van der Waals surface area contributed by atoms with Crippen LogP contribution in [0.15, 0.2) is 0 Å². The summed E-state index contributed by atoms with van der Waals surface area (Å²) in [7, 11) is 0. The van der Waals surface area contributed by atoms with Crippen LogP contribution in [0.2, 0.25) is 0 Å². The fourth-order valence-corrected chi connectivity index (χ4v) is 4.27. The molecule has 3 heterocycles. The normalized spacial score (nSPS) is 49.5. The molecule has 20 heavy (non-hydrogen) atoms. The maximum absolute atomic E-state index is 10.2. The van der Waals surface area contributed by atoms with Gasteiger partial charge in [0, 0.05) is 4.43 Å². The van der Waals surface area contributed by atoms with Crippen LogP contribution in [-0.2, 0) is 23.7 Å². The molecule has 6 nitrogen and oxygen atoms in total. The molecule has 0 radical (unpaired) electrons. The van der Waals surface area contributed by atoms with E-state index in [0.717, 1.165) is 0 Å². The molecule has 0 aromatic carbocycles. The smallest absolute Gasteiger partial charge is 0.184 e. The summed E-state index contributed by atoms with van der Waals surface area (Å²) in [6.45, 7) is 7.84. The lowest BCUT2D eigenvalue weighted by atomic mass is 9.91. The number of alkyl halides is 1. The number of halogens is 1. The van der Waals surface area contributed by atoms with E-state index in [9.17, 15) is 5.11 Å². The Kier molecular flexibility index (Phi) is 3.65. The highest BCUT2D eigenvalue weighted by molar-refractivity contribution is 14.1. The molecule has 0 amide bonds. The zero-order valence-corrected chi connectivity index (χ0v) is 14.2. The highest BCUT2D eigenvalue weighted by atomic mass is 127. The lowest BCUT2D eigenvalue weighted by Gasteiger charge is -2.34. The van der Waals surface area contributed by atoms with Crippen LogP contribution in [0, 0.1) is 0 Å². The number of rotatable bonds is 2. The van der Waals surface area contributed by atoms with Gasteiger partial charge in [-0.1, -0.05) is 22.6 Å². The predicted octanol–water partition coefficient (Wildman–Crippen LogP) is 1.18. The van der Waals surface area contributed by atoms with Crippen molar-refractivity contribution < 1.29 is 28.8 Å². The molecule has 3 aliphatic rings. The molecular formula is C13H21IO6. The van der Waals surface area contributed by atoms with Crippen molar-refractivity contribution in [1.82, 2.24) is 0 Å². The molecule has 0 bridgehead atoms. The largest absolute Gasteiger partial charge is 0.366 e. The fourth-order valence-electron chi connectivity index (χ4n) is 3.25. The molecule has 0 saturated carbocycles. The molecular weight excluding hydrogens is 379 g/mol. The summed E-state index contributed by atoms with van der Waals surface area (Å²) >= 11 is 2.24. The van der Waals surface area contributed by atoms with E-state index >= 15 is 0 Å². The van der Waals surface area contributed by atoms with Gasteiger partial charge in [0.2, 0.25) is 0 Å². The van der Waals surface area contributed by atoms with Crippen LogP contribution < -0.4 is 0 Å². The summed E-state index contributed by atoms with van der Waals surface area (Å²) in [5.41, 5.74) is -0.710. The average molecular weight is 400 g/mol. The van der Waals surface area contributed by atoms with Gasteiger partial charge in [-0.15, -0.1) is 0 Å². The molecule has 3 saturated heterocycles. The van der Waals surface area contributed by atoms with Crippen LogP contribution in [0.1, 0.15) is 27.7 Å². The van der Waals surface area contributed by atoms with Crippen molar-refractivity contribution in [3.63, 3.8) is 0 Å². The van der Waals surface area contributed by atoms with Crippen molar-refractivity contribution >= 4 is 22.6 Å². The molecule has 3 fully saturated rings. The van der Waals surface area contributed by atoms with Crippen LogP contribution in [-0.4, -0.2) is 57.9 Å². The molecule has 0 spiro atoms. The standard InChI is InChI=1S/C13H21IO6/c1-11(2)16-5-7(18-11)8-13(6-14)9(10(15)17-8)19-12(3,4)20-13/h7-10,15H,5-6H2,1-4H3/t7-,8-,9+,10+,13-/m1/s1. The van der Waals surface area contributed by atoms with Crippen LogP contribution >= 0.6 is 22.6 Å². The Morgan fingerprint density at radius 2 is 1.80 bits per heavy atom. The molecule has 0 aliphatic carbocycles. The lowest BCUT2D eigenvalue weighted by Crippen LogP contribution is -2.53. The first-order chi connectivity index (χ1) is 9.19. The molecule has 116 valence electrons. The molecule has 0 unspecified atom stereocenters. The zero-order chi connectivity index (χ0) is 14.8. The number of aliphatic hydroxyl groups is 1. The van der Waals surface area contributed by atoms with E-state index < -0.39 is 35.7 Å². The molecule has 0 aromatic heterocycles. The third kappa shape index (κ3) is 2.31. The Balaban J connectivity index is 1.88. The van der Waals surface area contributed by atoms with E-state index in [1.807, 2.05) is 27.7 Å². The van der Waals surface area contributed by atoms with Gasteiger partial charge in [0.1, 0.15) is 23.9 Å². The third-order valence-electron chi connectivity index (χ3n) is 3.93. The molecule has 0 aromatic rings. The molecule has 5 atom stereocenters. The van der Waals surface area contributed by atoms with Crippen molar-refractivity contribution in [2.24, 2.45) is 0 Å². The Morgan fingerprint density at radius 1 is 1.10 bits per heavy atom. The topological polar surface area (TPSA) is 66.4 Å². The second-order valence-corrected chi connectivity index (χ2v) is 7.21. The van der Waals surface area contributed by atoms with Crippen LogP contribution in [0.25, 0.3) is 0 Å². The molecule has 1 N–H and O–H groups in total. The number of ether oxygens (including phenoxy) is 5. The van der Waals surface area contributed by atoms with Gasteiger partial charge in [-0.2, -0.15) is 0 Å². The minimum Gasteiger partial charge on any atom is -0.366 e. The minimum absolute atomic E-state index is 0.281. The van der Waals surface area contributed by atoms with E-state index in [2.05, 4.69) is 22.6 Å². The van der Waals surface area contributed by atoms with Gasteiger partial charge in [0.05, 0.1) is 6.61 Å². The quantitative estimate of drug-likeness (QED) is 0.555. The van der Waals surface area contributed by atoms with E-state index in [1.54, 1.807) is 0 Å². The number of fused-ring (bicyclic) bond motifs is 1. The van der Waals surface area contributed by atoms with E-state index in [0.29, 0.717) is 11.0 Å². The minimum atomic E-state index is -1.01.